The standard InChI is InChI=1S/C13H11FN2O4S/c1-8-2-3-10(5-12(8)13(17)18)16-21(19,20)11-4-9(14)6-15-7-11/h2-7,16H,1H3,(H,17,18). The van der Waals surface area contributed by atoms with Crippen LogP contribution in [0, 0.1) is 12.7 Å². The fourth-order valence-electron chi connectivity index (χ4n) is 1.67. The van der Waals surface area contributed by atoms with E-state index in [1.165, 1.54) is 18.2 Å². The first-order chi connectivity index (χ1) is 9.79. The van der Waals surface area contributed by atoms with Gasteiger partial charge in [-0.15, -0.1) is 0 Å². The van der Waals surface area contributed by atoms with Crippen LogP contribution in [-0.4, -0.2) is 24.5 Å². The summed E-state index contributed by atoms with van der Waals surface area (Å²) in [5, 5.41) is 9.01. The molecule has 0 aliphatic heterocycles. The Hall–Kier alpha value is -2.48. The molecular formula is C13H11FN2O4S. The maximum atomic E-state index is 13.0. The normalized spacial score (nSPS) is 11.1. The summed E-state index contributed by atoms with van der Waals surface area (Å²) in [6, 6.07) is 4.92. The van der Waals surface area contributed by atoms with Crippen molar-refractivity contribution >= 4 is 21.7 Å². The van der Waals surface area contributed by atoms with Crippen molar-refractivity contribution in [2.75, 3.05) is 4.72 Å². The van der Waals surface area contributed by atoms with Gasteiger partial charge in [0.05, 0.1) is 11.8 Å². The molecule has 2 N–H and O–H groups in total. The van der Waals surface area contributed by atoms with Gasteiger partial charge in [-0.3, -0.25) is 9.71 Å². The van der Waals surface area contributed by atoms with Crippen LogP contribution >= 0.6 is 0 Å². The molecule has 0 unspecified atom stereocenters. The lowest BCUT2D eigenvalue weighted by Crippen LogP contribution is -2.14. The monoisotopic (exact) mass is 310 g/mol. The number of halogens is 1. The highest BCUT2D eigenvalue weighted by atomic mass is 32.2. The number of nitrogens with zero attached hydrogens (tertiary/aromatic N) is 1. The SMILES string of the molecule is Cc1ccc(NS(=O)(=O)c2cncc(F)c2)cc1C(=O)O. The van der Waals surface area contributed by atoms with Crippen molar-refractivity contribution in [3.63, 3.8) is 0 Å². The van der Waals surface area contributed by atoms with Crippen LogP contribution in [0.3, 0.4) is 0 Å². The molecule has 8 heteroatoms. The van der Waals surface area contributed by atoms with Crippen LogP contribution < -0.4 is 4.72 Å². The average Bonchev–Trinajstić information content (AvgIpc) is 2.40. The molecule has 0 fully saturated rings. The number of pyridine rings is 1. The topological polar surface area (TPSA) is 96.4 Å². The van der Waals surface area contributed by atoms with E-state index >= 15 is 0 Å². The minimum atomic E-state index is -4.04. The molecule has 0 aliphatic rings. The number of aryl methyl sites for hydroxylation is 1. The molecule has 0 bridgehead atoms. The Morgan fingerprint density at radius 2 is 2.00 bits per heavy atom. The predicted molar refractivity (Wildman–Crippen MR) is 73.1 cm³/mol. The number of anilines is 1. The zero-order valence-electron chi connectivity index (χ0n) is 10.9. The van der Waals surface area contributed by atoms with E-state index in [1.54, 1.807) is 6.92 Å². The lowest BCUT2D eigenvalue weighted by Gasteiger charge is -2.09. The van der Waals surface area contributed by atoms with Gasteiger partial charge in [0.15, 0.2) is 0 Å². The van der Waals surface area contributed by atoms with Crippen molar-refractivity contribution < 1.29 is 22.7 Å². The third kappa shape index (κ3) is 3.34. The van der Waals surface area contributed by atoms with Crippen molar-refractivity contribution in [2.24, 2.45) is 0 Å². The average molecular weight is 310 g/mol. The first kappa shape index (κ1) is 14.9. The summed E-state index contributed by atoms with van der Waals surface area (Å²) in [5.74, 6) is -1.95. The van der Waals surface area contributed by atoms with E-state index in [2.05, 4.69) is 9.71 Å². The summed E-state index contributed by atoms with van der Waals surface area (Å²) in [7, 11) is -4.04. The molecule has 21 heavy (non-hydrogen) atoms. The second-order valence-corrected chi connectivity index (χ2v) is 5.96. The zero-order valence-corrected chi connectivity index (χ0v) is 11.7. The van der Waals surface area contributed by atoms with Crippen molar-refractivity contribution in [1.82, 2.24) is 4.98 Å². The van der Waals surface area contributed by atoms with Crippen LogP contribution in [0.2, 0.25) is 0 Å². The Bertz CT molecular complexity index is 806. The van der Waals surface area contributed by atoms with Crippen LogP contribution in [0.25, 0.3) is 0 Å². The van der Waals surface area contributed by atoms with E-state index in [9.17, 15) is 17.6 Å². The number of sulfonamides is 1. The number of rotatable bonds is 4. The molecule has 110 valence electrons. The number of aromatic carboxylic acids is 1. The summed E-state index contributed by atoms with van der Waals surface area (Å²) < 4.78 is 39.3. The lowest BCUT2D eigenvalue weighted by molar-refractivity contribution is 0.0696. The number of hydrogen-bond acceptors (Lipinski definition) is 4. The van der Waals surface area contributed by atoms with Crippen LogP contribution in [0.5, 0.6) is 0 Å². The fourth-order valence-corrected chi connectivity index (χ4v) is 2.69. The van der Waals surface area contributed by atoms with Gasteiger partial charge in [0, 0.05) is 11.9 Å². The third-order valence-electron chi connectivity index (χ3n) is 2.71. The highest BCUT2D eigenvalue weighted by Gasteiger charge is 2.17. The van der Waals surface area contributed by atoms with Gasteiger partial charge in [0.25, 0.3) is 10.0 Å². The van der Waals surface area contributed by atoms with Crippen molar-refractivity contribution in [3.05, 3.63) is 53.6 Å². The molecule has 1 heterocycles. The van der Waals surface area contributed by atoms with Crippen LogP contribution in [0.1, 0.15) is 15.9 Å². The van der Waals surface area contributed by atoms with Gasteiger partial charge in [0.2, 0.25) is 0 Å². The Labute approximate surface area is 120 Å². The lowest BCUT2D eigenvalue weighted by atomic mass is 10.1. The number of hydrogen-bond donors (Lipinski definition) is 2. The van der Waals surface area contributed by atoms with Gasteiger partial charge in [0.1, 0.15) is 10.7 Å². The summed E-state index contributed by atoms with van der Waals surface area (Å²) in [4.78, 5) is 14.1. The highest BCUT2D eigenvalue weighted by molar-refractivity contribution is 7.92. The highest BCUT2D eigenvalue weighted by Crippen LogP contribution is 2.19. The van der Waals surface area contributed by atoms with Gasteiger partial charge in [-0.1, -0.05) is 6.07 Å². The van der Waals surface area contributed by atoms with Gasteiger partial charge in [-0.05, 0) is 30.7 Å². The fraction of sp³-hybridized carbons (Fsp3) is 0.0769. The van der Waals surface area contributed by atoms with Gasteiger partial charge >= 0.3 is 5.97 Å². The molecule has 0 spiro atoms. The van der Waals surface area contributed by atoms with E-state index < -0.39 is 21.8 Å². The Morgan fingerprint density at radius 1 is 1.29 bits per heavy atom. The Morgan fingerprint density at radius 3 is 2.62 bits per heavy atom. The number of carboxylic acid groups (broad SMARTS) is 1. The first-order valence-corrected chi connectivity index (χ1v) is 7.25. The maximum Gasteiger partial charge on any atom is 0.336 e. The molecule has 1 aromatic heterocycles. The molecule has 2 rings (SSSR count). The summed E-state index contributed by atoms with van der Waals surface area (Å²) in [6.07, 6.45) is 1.88. The summed E-state index contributed by atoms with van der Waals surface area (Å²) in [6.45, 7) is 1.60. The number of aromatic nitrogens is 1. The van der Waals surface area contributed by atoms with Crippen LogP contribution in [0.4, 0.5) is 10.1 Å². The second kappa shape index (κ2) is 5.49. The first-order valence-electron chi connectivity index (χ1n) is 5.77. The summed E-state index contributed by atoms with van der Waals surface area (Å²) in [5.41, 5.74) is 0.549. The zero-order chi connectivity index (χ0) is 15.6. The van der Waals surface area contributed by atoms with Crippen molar-refractivity contribution in [1.29, 1.82) is 0 Å². The molecule has 1 aromatic carbocycles. The largest absolute Gasteiger partial charge is 0.478 e. The number of carboxylic acids is 1. The number of nitrogens with one attached hydrogen (secondary N) is 1. The minimum absolute atomic E-state index is 0.0208. The molecule has 0 aliphatic carbocycles. The number of carbonyl (C=O) groups is 1. The second-order valence-electron chi connectivity index (χ2n) is 4.28. The van der Waals surface area contributed by atoms with E-state index in [0.717, 1.165) is 18.5 Å². The Kier molecular flexibility index (Phi) is 3.90. The van der Waals surface area contributed by atoms with Crippen LogP contribution in [0.15, 0.2) is 41.6 Å². The quantitative estimate of drug-likeness (QED) is 0.900. The number of benzene rings is 1. The Balaban J connectivity index is 2.37. The third-order valence-corrected chi connectivity index (χ3v) is 4.06. The maximum absolute atomic E-state index is 13.0. The van der Waals surface area contributed by atoms with E-state index in [4.69, 9.17) is 5.11 Å². The van der Waals surface area contributed by atoms with Gasteiger partial charge < -0.3 is 5.11 Å². The van der Waals surface area contributed by atoms with Crippen LogP contribution in [-0.2, 0) is 10.0 Å². The molecule has 2 aromatic rings. The van der Waals surface area contributed by atoms with Crippen molar-refractivity contribution in [3.8, 4) is 0 Å². The van der Waals surface area contributed by atoms with Gasteiger partial charge in [-0.25, -0.2) is 17.6 Å². The minimum Gasteiger partial charge on any atom is -0.478 e. The molecule has 0 radical (unpaired) electrons. The molecule has 6 nitrogen and oxygen atoms in total. The predicted octanol–water partition coefficient (Wildman–Crippen LogP) is 2.03. The molecule has 0 saturated carbocycles. The molecule has 0 amide bonds. The molecule has 0 saturated heterocycles. The molecular weight excluding hydrogens is 299 g/mol. The molecule has 0 atom stereocenters. The van der Waals surface area contributed by atoms with E-state index in [-0.39, 0.29) is 16.1 Å². The van der Waals surface area contributed by atoms with Crippen molar-refractivity contribution in [2.45, 2.75) is 11.8 Å². The van der Waals surface area contributed by atoms with E-state index in [0.29, 0.717) is 5.56 Å². The summed E-state index contributed by atoms with van der Waals surface area (Å²) >= 11 is 0. The smallest absolute Gasteiger partial charge is 0.336 e. The van der Waals surface area contributed by atoms with Gasteiger partial charge in [-0.2, -0.15) is 0 Å². The van der Waals surface area contributed by atoms with E-state index in [1.807, 2.05) is 0 Å².